The monoisotopic (exact) mass is 622 g/mol. The van der Waals surface area contributed by atoms with Crippen molar-refractivity contribution in [3.05, 3.63) is 168 Å². The van der Waals surface area contributed by atoms with Gasteiger partial charge in [-0.25, -0.2) is 9.78 Å². The predicted molar refractivity (Wildman–Crippen MR) is 166 cm³/mol. The summed E-state index contributed by atoms with van der Waals surface area (Å²) in [4.78, 5) is 18.4. The fourth-order valence-electron chi connectivity index (χ4n) is 5.49. The Morgan fingerprint density at radius 1 is 0.667 bits per heavy atom. The molecule has 0 aliphatic rings. The molecule has 1 N–H and O–H groups in total. The largest absolute Gasteiger partial charge is 0.573 e. The lowest BCUT2D eigenvalue weighted by atomic mass is 9.76. The Morgan fingerprint density at radius 2 is 1.11 bits per heavy atom. The molecular weight excluding hydrogens is 597 g/mol. The van der Waals surface area contributed by atoms with Gasteiger partial charge in [0, 0.05) is 4.90 Å². The molecule has 0 amide bonds. The van der Waals surface area contributed by atoms with Crippen molar-refractivity contribution in [3.63, 3.8) is 0 Å². The summed E-state index contributed by atoms with van der Waals surface area (Å²) in [5.41, 5.74) is 3.07. The Kier molecular flexibility index (Phi) is 8.19. The molecule has 0 bridgehead atoms. The van der Waals surface area contributed by atoms with Crippen LogP contribution in [0, 0.1) is 0 Å². The number of carbonyl (C=O) groups is 1. The van der Waals surface area contributed by atoms with Crippen LogP contribution in [0.2, 0.25) is 0 Å². The van der Waals surface area contributed by atoms with E-state index in [2.05, 4.69) is 9.72 Å². The van der Waals surface area contributed by atoms with Gasteiger partial charge in [-0.3, -0.25) is 0 Å². The summed E-state index contributed by atoms with van der Waals surface area (Å²) >= 11 is 1.22. The number of benzene rings is 5. The third-order valence-corrected chi connectivity index (χ3v) is 8.36. The summed E-state index contributed by atoms with van der Waals surface area (Å²) in [6.07, 6.45) is -3.18. The molecule has 6 rings (SSSR count). The van der Waals surface area contributed by atoms with Crippen molar-refractivity contribution < 1.29 is 27.8 Å². The van der Waals surface area contributed by atoms with Crippen LogP contribution in [0.4, 0.5) is 13.2 Å². The van der Waals surface area contributed by atoms with Crippen LogP contribution in [0.1, 0.15) is 27.2 Å². The molecule has 5 nitrogen and oxygen atoms in total. The van der Waals surface area contributed by atoms with Crippen molar-refractivity contribution in [2.75, 3.05) is 0 Å². The lowest BCUT2D eigenvalue weighted by molar-refractivity contribution is -0.274. The SMILES string of the molecule is O=C(O)c1c(Sc2ccc(-c3ccc(OC(F)(F)F)cc3)cc2)ncn1C(c1ccccc1)(c1ccccc1)c1ccccc1. The third-order valence-electron chi connectivity index (χ3n) is 7.36. The highest BCUT2D eigenvalue weighted by atomic mass is 32.2. The van der Waals surface area contributed by atoms with Gasteiger partial charge in [0.1, 0.15) is 16.3 Å². The van der Waals surface area contributed by atoms with Crippen LogP contribution in [0.25, 0.3) is 11.1 Å². The number of aromatic nitrogens is 2. The quantitative estimate of drug-likeness (QED) is 0.163. The molecule has 0 radical (unpaired) electrons. The molecule has 0 aliphatic carbocycles. The van der Waals surface area contributed by atoms with Gasteiger partial charge in [0.25, 0.3) is 0 Å². The van der Waals surface area contributed by atoms with Crippen LogP contribution in [0.3, 0.4) is 0 Å². The second-order valence-corrected chi connectivity index (χ2v) is 11.1. The van der Waals surface area contributed by atoms with E-state index in [4.69, 9.17) is 0 Å². The van der Waals surface area contributed by atoms with Crippen molar-refractivity contribution in [2.45, 2.75) is 21.8 Å². The number of alkyl halides is 3. The maximum Gasteiger partial charge on any atom is 0.573 e. The molecule has 9 heteroatoms. The zero-order valence-electron chi connectivity index (χ0n) is 23.6. The topological polar surface area (TPSA) is 64.3 Å². The molecule has 0 fully saturated rings. The minimum Gasteiger partial charge on any atom is -0.476 e. The second-order valence-electron chi connectivity index (χ2n) is 10.1. The number of hydrogen-bond acceptors (Lipinski definition) is 4. The number of carboxylic acid groups (broad SMARTS) is 1. The van der Waals surface area contributed by atoms with E-state index in [1.165, 1.54) is 23.9 Å². The first-order valence-electron chi connectivity index (χ1n) is 13.9. The molecule has 1 heterocycles. The van der Waals surface area contributed by atoms with Gasteiger partial charge in [-0.15, -0.1) is 13.2 Å². The van der Waals surface area contributed by atoms with Crippen molar-refractivity contribution in [1.82, 2.24) is 9.55 Å². The van der Waals surface area contributed by atoms with Crippen LogP contribution in [-0.2, 0) is 5.54 Å². The van der Waals surface area contributed by atoms with Gasteiger partial charge in [0.2, 0.25) is 0 Å². The minimum absolute atomic E-state index is 0.0286. The minimum atomic E-state index is -4.76. The lowest BCUT2D eigenvalue weighted by Gasteiger charge is -2.38. The van der Waals surface area contributed by atoms with Crippen molar-refractivity contribution >= 4 is 17.7 Å². The molecule has 0 aliphatic heterocycles. The maximum atomic E-state index is 13.0. The highest BCUT2D eigenvalue weighted by Gasteiger charge is 2.41. The summed E-state index contributed by atoms with van der Waals surface area (Å²) < 4.78 is 43.3. The van der Waals surface area contributed by atoms with Gasteiger partial charge in [-0.05, 0) is 52.1 Å². The van der Waals surface area contributed by atoms with Crippen molar-refractivity contribution in [2.24, 2.45) is 0 Å². The van der Waals surface area contributed by atoms with Gasteiger partial charge >= 0.3 is 12.3 Å². The first-order chi connectivity index (χ1) is 21.8. The first-order valence-corrected chi connectivity index (χ1v) is 14.7. The number of aromatic carboxylic acids is 1. The zero-order valence-corrected chi connectivity index (χ0v) is 24.4. The van der Waals surface area contributed by atoms with Crippen LogP contribution in [0.5, 0.6) is 5.75 Å². The van der Waals surface area contributed by atoms with Crippen molar-refractivity contribution in [1.29, 1.82) is 0 Å². The average Bonchev–Trinajstić information content (AvgIpc) is 3.47. The molecule has 0 unspecified atom stereocenters. The highest BCUT2D eigenvalue weighted by Crippen LogP contribution is 2.43. The number of imidazole rings is 1. The standard InChI is InChI=1S/C36H25F3N2O3S/c37-36(38,39)44-30-20-16-25(17-21-30)26-18-22-31(23-19-26)45-33-32(34(42)43)41(24-40-33)35(27-10-4-1-5-11-27,28-12-6-2-7-13-28)29-14-8-3-9-15-29/h1-24H,(H,42,43). The maximum absolute atomic E-state index is 13.0. The van der Waals surface area contributed by atoms with E-state index in [0.29, 0.717) is 10.6 Å². The van der Waals surface area contributed by atoms with E-state index in [0.717, 1.165) is 27.1 Å². The van der Waals surface area contributed by atoms with E-state index < -0.39 is 17.9 Å². The van der Waals surface area contributed by atoms with E-state index in [-0.39, 0.29) is 11.4 Å². The molecule has 0 atom stereocenters. The Balaban J connectivity index is 1.41. The molecule has 6 aromatic rings. The molecule has 45 heavy (non-hydrogen) atoms. The first kappa shape index (κ1) is 29.8. The molecule has 0 saturated heterocycles. The molecule has 224 valence electrons. The summed E-state index contributed by atoms with van der Waals surface area (Å²) in [7, 11) is 0. The van der Waals surface area contributed by atoms with E-state index in [1.54, 1.807) is 23.0 Å². The van der Waals surface area contributed by atoms with Gasteiger partial charge in [-0.2, -0.15) is 0 Å². The highest BCUT2D eigenvalue weighted by molar-refractivity contribution is 7.99. The number of ether oxygens (including phenoxy) is 1. The van der Waals surface area contributed by atoms with Gasteiger partial charge < -0.3 is 14.4 Å². The smallest absolute Gasteiger partial charge is 0.476 e. The molecular formula is C36H25F3N2O3S. The second kappa shape index (κ2) is 12.4. The molecule has 1 aromatic heterocycles. The summed E-state index contributed by atoms with van der Waals surface area (Å²) in [5.74, 6) is -1.42. The van der Waals surface area contributed by atoms with E-state index in [9.17, 15) is 23.1 Å². The number of hydrogen-bond donors (Lipinski definition) is 1. The van der Waals surface area contributed by atoms with E-state index >= 15 is 0 Å². The third kappa shape index (κ3) is 6.07. The normalized spacial score (nSPS) is 11.7. The average molecular weight is 623 g/mol. The Bertz CT molecular complexity index is 1800. The van der Waals surface area contributed by atoms with Crippen LogP contribution in [0.15, 0.2) is 156 Å². The number of halogens is 3. The van der Waals surface area contributed by atoms with Crippen LogP contribution in [-0.4, -0.2) is 27.0 Å². The lowest BCUT2D eigenvalue weighted by Crippen LogP contribution is -2.39. The fraction of sp³-hybridized carbons (Fsp3) is 0.0556. The summed E-state index contributed by atoms with van der Waals surface area (Å²) in [5, 5.41) is 11.0. The Hall–Kier alpha value is -5.28. The molecule has 0 saturated carbocycles. The number of carboxylic acids is 1. The van der Waals surface area contributed by atoms with Gasteiger partial charge in [0.05, 0.1) is 6.33 Å². The Morgan fingerprint density at radius 3 is 1.53 bits per heavy atom. The molecule has 0 spiro atoms. The number of nitrogens with zero attached hydrogens (tertiary/aromatic N) is 2. The fourth-order valence-corrected chi connectivity index (χ4v) is 6.36. The van der Waals surface area contributed by atoms with E-state index in [1.807, 2.05) is 115 Å². The summed E-state index contributed by atoms with van der Waals surface area (Å²) in [6, 6.07) is 42.2. The van der Waals surface area contributed by atoms with Gasteiger partial charge in [-0.1, -0.05) is 127 Å². The van der Waals surface area contributed by atoms with Crippen LogP contribution >= 0.6 is 11.8 Å². The number of rotatable bonds is 9. The summed E-state index contributed by atoms with van der Waals surface area (Å²) in [6.45, 7) is 0. The molecule has 5 aromatic carbocycles. The van der Waals surface area contributed by atoms with Crippen LogP contribution < -0.4 is 4.74 Å². The Labute approximate surface area is 261 Å². The van der Waals surface area contributed by atoms with Crippen molar-refractivity contribution in [3.8, 4) is 16.9 Å². The van der Waals surface area contributed by atoms with Gasteiger partial charge in [0.15, 0.2) is 5.69 Å². The zero-order chi connectivity index (χ0) is 31.4. The predicted octanol–water partition coefficient (Wildman–Crippen LogP) is 9.14.